The number of hydrogen-bond donors (Lipinski definition) is 0. The van der Waals surface area contributed by atoms with Gasteiger partial charge in [-0.3, -0.25) is 19.4 Å². The van der Waals surface area contributed by atoms with Gasteiger partial charge in [0.15, 0.2) is 11.6 Å². The van der Waals surface area contributed by atoms with Gasteiger partial charge in [0.25, 0.3) is 0 Å². The Morgan fingerprint density at radius 3 is 1.22 bits per heavy atom. The molecule has 296 valence electrons. The zero-order chi connectivity index (χ0) is 40.6. The first-order chi connectivity index (χ1) is 25.4. The summed E-state index contributed by atoms with van der Waals surface area (Å²) in [6.07, 6.45) is 35.7. The predicted molar refractivity (Wildman–Crippen MR) is 236 cm³/mol. The minimum absolute atomic E-state index is 0.0314. The van der Waals surface area contributed by atoms with Crippen molar-refractivity contribution >= 4 is 11.6 Å². The fourth-order valence-corrected chi connectivity index (χ4v) is 7.46. The molecule has 0 saturated heterocycles. The van der Waals surface area contributed by atoms with Crippen molar-refractivity contribution in [1.82, 2.24) is 9.80 Å². The Hall–Kier alpha value is -3.60. The van der Waals surface area contributed by atoms with Crippen molar-refractivity contribution in [1.29, 1.82) is 0 Å². The van der Waals surface area contributed by atoms with Gasteiger partial charge in [0.2, 0.25) is 0 Å². The van der Waals surface area contributed by atoms with Gasteiger partial charge in [0.1, 0.15) is 0 Å². The van der Waals surface area contributed by atoms with E-state index in [0.29, 0.717) is 0 Å². The summed E-state index contributed by atoms with van der Waals surface area (Å²) in [6.45, 7) is 27.8. The lowest BCUT2D eigenvalue weighted by Gasteiger charge is -2.40. The van der Waals surface area contributed by atoms with Crippen molar-refractivity contribution in [3.63, 3.8) is 0 Å². The fraction of sp³-hybridized carbons (Fsp3) is 0.520. The number of Topliss-reactive ketones (excluding diaryl/α,β-unsaturated/α-hetero) is 2. The van der Waals surface area contributed by atoms with Crippen molar-refractivity contribution in [2.24, 2.45) is 10.8 Å². The van der Waals surface area contributed by atoms with Gasteiger partial charge in [-0.1, -0.05) is 162 Å². The highest BCUT2D eigenvalue weighted by Crippen LogP contribution is 2.42. The standard InChI is InChI=1S/C50H74N2O2/c1-15-17-33-51(13)45-35-49(9,10)43(41(7)47(45)53)31-29-39(5)27-21-25-37(3)23-19-20-24-38(4)26-22-28-40(6)30-32-44-42(8)48(54)46(36-50(44,11)12)52(14)34-18-16-2/h19-32,45-46H,15-18,33-36H2,1-14H3/b20-19+,25-21+,26-22+,31-29+,32-30+,37-23+,38-24+,39-27+,40-28+. The first kappa shape index (κ1) is 46.6. The maximum Gasteiger partial charge on any atom is 0.175 e. The van der Waals surface area contributed by atoms with Crippen LogP contribution >= 0.6 is 0 Å². The SMILES string of the molecule is CCCCN(C)C1CC(C)(C)C(/C=C/C(C)=C/C=C/C(C)=C/C=C/C=C(C)/C=C/C=C(C)/C=C/C2=C(C)C(=O)C(N(C)CCCC)CC2(C)C)=C(C)C1=O. The summed E-state index contributed by atoms with van der Waals surface area (Å²) in [5, 5.41) is 0. The number of hydrogen-bond acceptors (Lipinski definition) is 4. The topological polar surface area (TPSA) is 40.6 Å². The molecule has 0 aromatic rings. The second kappa shape index (κ2) is 22.1. The van der Waals surface area contributed by atoms with Gasteiger partial charge in [0.05, 0.1) is 12.1 Å². The third-order valence-corrected chi connectivity index (χ3v) is 11.1. The fourth-order valence-electron chi connectivity index (χ4n) is 7.46. The van der Waals surface area contributed by atoms with Crippen LogP contribution < -0.4 is 0 Å². The molecule has 0 spiro atoms. The number of carbonyl (C=O) groups excluding carboxylic acids is 2. The van der Waals surface area contributed by atoms with E-state index < -0.39 is 0 Å². The Morgan fingerprint density at radius 1 is 0.574 bits per heavy atom. The smallest absolute Gasteiger partial charge is 0.175 e. The molecule has 0 aromatic carbocycles. The summed E-state index contributed by atoms with van der Waals surface area (Å²) in [5.41, 5.74) is 8.59. The molecular formula is C50H74N2O2. The van der Waals surface area contributed by atoms with E-state index in [1.807, 2.05) is 13.8 Å². The van der Waals surface area contributed by atoms with E-state index in [2.05, 4.69) is 178 Å². The molecule has 4 nitrogen and oxygen atoms in total. The zero-order valence-electron chi connectivity index (χ0n) is 36.6. The van der Waals surface area contributed by atoms with Gasteiger partial charge in [-0.2, -0.15) is 0 Å². The zero-order valence-corrected chi connectivity index (χ0v) is 36.6. The van der Waals surface area contributed by atoms with Crippen molar-refractivity contribution in [2.75, 3.05) is 27.2 Å². The molecule has 0 aromatic heterocycles. The molecule has 0 radical (unpaired) electrons. The molecular weight excluding hydrogens is 661 g/mol. The van der Waals surface area contributed by atoms with E-state index in [4.69, 9.17) is 0 Å². The normalized spacial score (nSPS) is 22.4. The van der Waals surface area contributed by atoms with Crippen LogP contribution in [0.4, 0.5) is 0 Å². The Bertz CT molecular complexity index is 1530. The highest BCUT2D eigenvalue weighted by atomic mass is 16.1. The van der Waals surface area contributed by atoms with E-state index >= 15 is 0 Å². The van der Waals surface area contributed by atoms with Gasteiger partial charge in [0, 0.05) is 0 Å². The monoisotopic (exact) mass is 735 g/mol. The number of likely N-dealkylation sites (N-methyl/N-ethyl adjacent to an activating group) is 2. The molecule has 2 atom stereocenters. The minimum atomic E-state index is -0.0556. The van der Waals surface area contributed by atoms with E-state index in [0.717, 1.165) is 96.2 Å². The second-order valence-electron chi connectivity index (χ2n) is 17.1. The molecule has 2 aliphatic rings. The number of carbonyl (C=O) groups is 2. The molecule has 2 rings (SSSR count). The molecule has 0 amide bonds. The molecule has 2 unspecified atom stereocenters. The summed E-state index contributed by atoms with van der Waals surface area (Å²) in [6, 6.07) is -0.0627. The van der Waals surface area contributed by atoms with Crippen molar-refractivity contribution in [2.45, 2.75) is 134 Å². The first-order valence-electron chi connectivity index (χ1n) is 20.4. The number of ketones is 2. The molecule has 0 heterocycles. The number of allylic oxidation sites excluding steroid dienone is 20. The predicted octanol–water partition coefficient (Wildman–Crippen LogP) is 12.4. The van der Waals surface area contributed by atoms with Crippen LogP contribution in [-0.2, 0) is 9.59 Å². The molecule has 0 saturated carbocycles. The van der Waals surface area contributed by atoms with E-state index in [9.17, 15) is 9.59 Å². The lowest BCUT2D eigenvalue weighted by Crippen LogP contribution is -2.46. The second-order valence-corrected chi connectivity index (χ2v) is 17.1. The quantitative estimate of drug-likeness (QED) is 0.131. The van der Waals surface area contributed by atoms with Crippen LogP contribution in [0.2, 0.25) is 0 Å². The first-order valence-corrected chi connectivity index (χ1v) is 20.4. The van der Waals surface area contributed by atoms with E-state index in [1.54, 1.807) is 0 Å². The van der Waals surface area contributed by atoms with Gasteiger partial charge in [-0.05, 0) is 128 Å². The molecule has 2 aliphatic carbocycles. The summed E-state index contributed by atoms with van der Waals surface area (Å²) in [7, 11) is 4.19. The largest absolute Gasteiger partial charge is 0.296 e. The highest BCUT2D eigenvalue weighted by molar-refractivity contribution is 6.02. The lowest BCUT2D eigenvalue weighted by molar-refractivity contribution is -0.122. The Morgan fingerprint density at radius 2 is 0.889 bits per heavy atom. The Labute approximate surface area is 331 Å². The summed E-state index contributed by atoms with van der Waals surface area (Å²) in [5.74, 6) is 0.539. The minimum Gasteiger partial charge on any atom is -0.296 e. The number of nitrogens with zero attached hydrogens (tertiary/aromatic N) is 2. The summed E-state index contributed by atoms with van der Waals surface area (Å²) >= 11 is 0. The van der Waals surface area contributed by atoms with Gasteiger partial charge >= 0.3 is 0 Å². The Balaban J connectivity index is 1.98. The molecule has 0 aliphatic heterocycles. The van der Waals surface area contributed by atoms with Crippen molar-refractivity contribution in [3.8, 4) is 0 Å². The van der Waals surface area contributed by atoms with Gasteiger partial charge < -0.3 is 0 Å². The summed E-state index contributed by atoms with van der Waals surface area (Å²) in [4.78, 5) is 31.1. The van der Waals surface area contributed by atoms with Crippen LogP contribution in [0, 0.1) is 10.8 Å². The van der Waals surface area contributed by atoms with E-state index in [1.165, 1.54) is 0 Å². The van der Waals surface area contributed by atoms with Crippen molar-refractivity contribution < 1.29 is 9.59 Å². The number of rotatable bonds is 18. The average Bonchev–Trinajstić information content (AvgIpc) is 3.10. The van der Waals surface area contributed by atoms with Crippen molar-refractivity contribution in [3.05, 3.63) is 130 Å². The average molecular weight is 735 g/mol. The van der Waals surface area contributed by atoms with E-state index in [-0.39, 0.29) is 34.5 Å². The lowest BCUT2D eigenvalue weighted by atomic mass is 9.69. The van der Waals surface area contributed by atoms with Crippen LogP contribution in [0.15, 0.2) is 130 Å². The van der Waals surface area contributed by atoms with Gasteiger partial charge in [-0.15, -0.1) is 0 Å². The molecule has 0 fully saturated rings. The maximum absolute atomic E-state index is 13.3. The van der Waals surface area contributed by atoms with Gasteiger partial charge in [-0.25, -0.2) is 0 Å². The Kier molecular flexibility index (Phi) is 19.0. The third kappa shape index (κ3) is 14.2. The molecule has 0 bridgehead atoms. The van der Waals surface area contributed by atoms with Crippen LogP contribution in [0.3, 0.4) is 0 Å². The molecule has 0 N–H and O–H groups in total. The molecule has 54 heavy (non-hydrogen) atoms. The highest BCUT2D eigenvalue weighted by Gasteiger charge is 2.40. The van der Waals surface area contributed by atoms with Crippen LogP contribution in [0.1, 0.15) is 122 Å². The van der Waals surface area contributed by atoms with Crippen LogP contribution in [0.5, 0.6) is 0 Å². The summed E-state index contributed by atoms with van der Waals surface area (Å²) < 4.78 is 0. The molecule has 4 heteroatoms. The van der Waals surface area contributed by atoms with Crippen LogP contribution in [0.25, 0.3) is 0 Å². The van der Waals surface area contributed by atoms with Crippen LogP contribution in [-0.4, -0.2) is 60.6 Å². The maximum atomic E-state index is 13.3. The number of unbranched alkanes of at least 4 members (excludes halogenated alkanes) is 2. The third-order valence-electron chi connectivity index (χ3n) is 11.1.